The molecule has 2 heterocycles. The Hall–Kier alpha value is -0.870. The first-order chi connectivity index (χ1) is 7.29. The van der Waals surface area contributed by atoms with Crippen LogP contribution in [0, 0.1) is 0 Å². The van der Waals surface area contributed by atoms with Gasteiger partial charge in [0.1, 0.15) is 0 Å². The highest BCUT2D eigenvalue weighted by molar-refractivity contribution is 4.99. The monoisotopic (exact) mass is 208 g/mol. The van der Waals surface area contributed by atoms with Crippen LogP contribution in [-0.2, 0) is 13.1 Å². The van der Waals surface area contributed by atoms with E-state index >= 15 is 0 Å². The Morgan fingerprint density at radius 3 is 3.13 bits per heavy atom. The molecule has 0 unspecified atom stereocenters. The predicted octanol–water partition coefficient (Wildman–Crippen LogP) is 0.826. The van der Waals surface area contributed by atoms with Crippen molar-refractivity contribution in [1.29, 1.82) is 0 Å². The van der Waals surface area contributed by atoms with Crippen LogP contribution in [0.4, 0.5) is 0 Å². The minimum absolute atomic E-state index is 0.368. The fourth-order valence-electron chi connectivity index (χ4n) is 2.16. The molecule has 1 saturated heterocycles. The number of hydrogen-bond acceptors (Lipinski definition) is 3. The van der Waals surface area contributed by atoms with E-state index in [0.29, 0.717) is 6.04 Å². The summed E-state index contributed by atoms with van der Waals surface area (Å²) in [4.78, 5) is 6.62. The van der Waals surface area contributed by atoms with Crippen molar-refractivity contribution >= 4 is 0 Å². The SMILES string of the molecule is CCCn1cncc1CN1CC[C@@H](N)C1. The third kappa shape index (κ3) is 2.58. The maximum absolute atomic E-state index is 5.89. The van der Waals surface area contributed by atoms with Crippen molar-refractivity contribution in [2.45, 2.75) is 38.9 Å². The number of likely N-dealkylation sites (tertiary alicyclic amines) is 1. The molecule has 0 amide bonds. The molecular weight excluding hydrogens is 188 g/mol. The molecule has 0 radical (unpaired) electrons. The largest absolute Gasteiger partial charge is 0.333 e. The van der Waals surface area contributed by atoms with Crippen LogP contribution in [0.2, 0.25) is 0 Å². The third-order valence-electron chi connectivity index (χ3n) is 2.96. The lowest BCUT2D eigenvalue weighted by Crippen LogP contribution is -2.27. The standard InChI is InChI=1S/C11H20N4/c1-2-4-15-9-13-6-11(15)8-14-5-3-10(12)7-14/h6,9-10H,2-5,7-8,12H2,1H3/t10-/m1/s1. The second-order valence-corrected chi connectivity index (χ2v) is 4.36. The summed E-state index contributed by atoms with van der Waals surface area (Å²) in [5, 5.41) is 0. The molecule has 2 N–H and O–H groups in total. The van der Waals surface area contributed by atoms with E-state index in [9.17, 15) is 0 Å². The van der Waals surface area contributed by atoms with Gasteiger partial charge in [0.05, 0.1) is 12.0 Å². The molecule has 0 bridgehead atoms. The van der Waals surface area contributed by atoms with Crippen LogP contribution in [0.15, 0.2) is 12.5 Å². The van der Waals surface area contributed by atoms with Crippen molar-refractivity contribution in [3.8, 4) is 0 Å². The van der Waals surface area contributed by atoms with Gasteiger partial charge in [0.25, 0.3) is 0 Å². The normalized spacial score (nSPS) is 22.4. The van der Waals surface area contributed by atoms with Crippen LogP contribution in [0.25, 0.3) is 0 Å². The predicted molar refractivity (Wildman–Crippen MR) is 60.4 cm³/mol. The zero-order valence-corrected chi connectivity index (χ0v) is 9.39. The lowest BCUT2D eigenvalue weighted by atomic mass is 10.3. The smallest absolute Gasteiger partial charge is 0.0948 e. The van der Waals surface area contributed by atoms with Gasteiger partial charge >= 0.3 is 0 Å². The van der Waals surface area contributed by atoms with Gasteiger partial charge in [-0.3, -0.25) is 4.90 Å². The molecule has 0 aromatic carbocycles. The summed E-state index contributed by atoms with van der Waals surface area (Å²) in [5.74, 6) is 0. The van der Waals surface area contributed by atoms with Crippen molar-refractivity contribution in [2.24, 2.45) is 5.73 Å². The first-order valence-electron chi connectivity index (χ1n) is 5.76. The second kappa shape index (κ2) is 4.77. The van der Waals surface area contributed by atoms with Gasteiger partial charge < -0.3 is 10.3 Å². The molecule has 4 heteroatoms. The number of imidazole rings is 1. The Kier molecular flexibility index (Phi) is 3.38. The molecule has 84 valence electrons. The number of rotatable bonds is 4. The number of hydrogen-bond donors (Lipinski definition) is 1. The van der Waals surface area contributed by atoms with Gasteiger partial charge in [-0.15, -0.1) is 0 Å². The number of aryl methyl sites for hydroxylation is 1. The number of nitrogens with zero attached hydrogens (tertiary/aromatic N) is 3. The van der Waals surface area contributed by atoms with Gasteiger partial charge in [-0.05, 0) is 12.8 Å². The van der Waals surface area contributed by atoms with Crippen LogP contribution in [0.3, 0.4) is 0 Å². The molecule has 1 aromatic heterocycles. The molecule has 0 saturated carbocycles. The van der Waals surface area contributed by atoms with Crippen molar-refractivity contribution in [3.63, 3.8) is 0 Å². The number of aromatic nitrogens is 2. The highest BCUT2D eigenvalue weighted by Crippen LogP contribution is 2.12. The quantitative estimate of drug-likeness (QED) is 0.797. The topological polar surface area (TPSA) is 47.1 Å². The van der Waals surface area contributed by atoms with Crippen molar-refractivity contribution < 1.29 is 0 Å². The van der Waals surface area contributed by atoms with Gasteiger partial charge in [0, 0.05) is 38.4 Å². The highest BCUT2D eigenvalue weighted by Gasteiger charge is 2.19. The van der Waals surface area contributed by atoms with E-state index in [0.717, 1.165) is 39.0 Å². The van der Waals surface area contributed by atoms with Crippen LogP contribution in [0.1, 0.15) is 25.5 Å². The summed E-state index contributed by atoms with van der Waals surface area (Å²) in [6.45, 7) is 6.40. The van der Waals surface area contributed by atoms with E-state index in [4.69, 9.17) is 5.73 Å². The maximum atomic E-state index is 5.89. The van der Waals surface area contributed by atoms with Gasteiger partial charge in [-0.2, -0.15) is 0 Å². The third-order valence-corrected chi connectivity index (χ3v) is 2.96. The fraction of sp³-hybridized carbons (Fsp3) is 0.727. The van der Waals surface area contributed by atoms with E-state index in [2.05, 4.69) is 21.4 Å². The van der Waals surface area contributed by atoms with Crippen LogP contribution >= 0.6 is 0 Å². The van der Waals surface area contributed by atoms with E-state index < -0.39 is 0 Å². The Labute approximate surface area is 91.1 Å². The van der Waals surface area contributed by atoms with Gasteiger partial charge in [-0.25, -0.2) is 4.98 Å². The lowest BCUT2D eigenvalue weighted by molar-refractivity contribution is 0.317. The Morgan fingerprint density at radius 2 is 2.47 bits per heavy atom. The molecular formula is C11H20N4. The van der Waals surface area contributed by atoms with Gasteiger partial charge in [-0.1, -0.05) is 6.92 Å². The summed E-state index contributed by atoms with van der Waals surface area (Å²) in [5.41, 5.74) is 7.20. The Morgan fingerprint density at radius 1 is 1.60 bits per heavy atom. The summed E-state index contributed by atoms with van der Waals surface area (Å²) >= 11 is 0. The first kappa shape index (κ1) is 10.6. The average molecular weight is 208 g/mol. The molecule has 15 heavy (non-hydrogen) atoms. The summed E-state index contributed by atoms with van der Waals surface area (Å²) in [7, 11) is 0. The molecule has 1 aliphatic rings. The Balaban J connectivity index is 1.95. The summed E-state index contributed by atoms with van der Waals surface area (Å²) in [6.07, 6.45) is 6.18. The highest BCUT2D eigenvalue weighted by atomic mass is 15.2. The first-order valence-corrected chi connectivity index (χ1v) is 5.76. The molecule has 0 aliphatic carbocycles. The van der Waals surface area contributed by atoms with Crippen LogP contribution in [-0.4, -0.2) is 33.6 Å². The molecule has 0 spiro atoms. The van der Waals surface area contributed by atoms with Gasteiger partial charge in [0.15, 0.2) is 0 Å². The van der Waals surface area contributed by atoms with Crippen molar-refractivity contribution in [3.05, 3.63) is 18.2 Å². The Bertz CT molecular complexity index is 307. The van der Waals surface area contributed by atoms with Crippen molar-refractivity contribution in [1.82, 2.24) is 14.5 Å². The number of nitrogens with two attached hydrogens (primary N) is 1. The van der Waals surface area contributed by atoms with Crippen LogP contribution < -0.4 is 5.73 Å². The zero-order chi connectivity index (χ0) is 10.7. The fourth-order valence-corrected chi connectivity index (χ4v) is 2.16. The maximum Gasteiger partial charge on any atom is 0.0948 e. The molecule has 1 aromatic rings. The average Bonchev–Trinajstić information content (AvgIpc) is 2.78. The second-order valence-electron chi connectivity index (χ2n) is 4.36. The molecule has 1 atom stereocenters. The van der Waals surface area contributed by atoms with Crippen LogP contribution in [0.5, 0.6) is 0 Å². The minimum atomic E-state index is 0.368. The lowest BCUT2D eigenvalue weighted by Gasteiger charge is -2.16. The van der Waals surface area contributed by atoms with Crippen molar-refractivity contribution in [2.75, 3.05) is 13.1 Å². The molecule has 1 fully saturated rings. The van der Waals surface area contributed by atoms with E-state index in [1.807, 2.05) is 12.5 Å². The van der Waals surface area contributed by atoms with E-state index in [1.165, 1.54) is 5.69 Å². The van der Waals surface area contributed by atoms with E-state index in [-0.39, 0.29) is 0 Å². The minimum Gasteiger partial charge on any atom is -0.333 e. The van der Waals surface area contributed by atoms with E-state index in [1.54, 1.807) is 0 Å². The van der Waals surface area contributed by atoms with Gasteiger partial charge in [0.2, 0.25) is 0 Å². The molecule has 1 aliphatic heterocycles. The molecule has 2 rings (SSSR count). The molecule has 4 nitrogen and oxygen atoms in total. The zero-order valence-electron chi connectivity index (χ0n) is 9.39. The summed E-state index contributed by atoms with van der Waals surface area (Å²) in [6, 6.07) is 0.368. The summed E-state index contributed by atoms with van der Waals surface area (Å²) < 4.78 is 2.24.